The highest BCUT2D eigenvalue weighted by Crippen LogP contribution is 2.27. The van der Waals surface area contributed by atoms with Gasteiger partial charge in [-0.1, -0.05) is 30.3 Å². The summed E-state index contributed by atoms with van der Waals surface area (Å²) in [6.45, 7) is 1.60. The fourth-order valence-electron chi connectivity index (χ4n) is 2.67. The van der Waals surface area contributed by atoms with E-state index in [1.165, 1.54) is 25.1 Å². The Labute approximate surface area is 162 Å². The van der Waals surface area contributed by atoms with Gasteiger partial charge in [0.25, 0.3) is 0 Å². The van der Waals surface area contributed by atoms with E-state index in [9.17, 15) is 13.6 Å². The van der Waals surface area contributed by atoms with Crippen molar-refractivity contribution < 1.29 is 23.0 Å². The Balaban J connectivity index is 1.69. The lowest BCUT2D eigenvalue weighted by atomic mass is 10.1. The van der Waals surface area contributed by atoms with Crippen LogP contribution in [0.25, 0.3) is 0 Å². The maximum absolute atomic E-state index is 14.3. The number of rotatable bonds is 8. The molecule has 28 heavy (non-hydrogen) atoms. The zero-order valence-corrected chi connectivity index (χ0v) is 15.5. The van der Waals surface area contributed by atoms with Gasteiger partial charge in [-0.3, -0.25) is 0 Å². The molecule has 0 aromatic heterocycles. The molecule has 0 fully saturated rings. The Morgan fingerprint density at radius 1 is 0.929 bits per heavy atom. The lowest BCUT2D eigenvalue weighted by Crippen LogP contribution is -2.01. The number of hydrogen-bond donors (Lipinski definition) is 0. The fourth-order valence-corrected chi connectivity index (χ4v) is 2.67. The standard InChI is InChI=1S/C23H20F2O3/c1-16(26)9-10-17-11-12-23(21(25)13-17)27-15-18-5-2-3-8-22(18)28-20-7-4-6-19(24)14-20/h2-8,11-14H,9-10,15H2,1H3. The third-order valence-electron chi connectivity index (χ3n) is 4.14. The monoisotopic (exact) mass is 382 g/mol. The van der Waals surface area contributed by atoms with Crippen LogP contribution in [0, 0.1) is 11.6 Å². The maximum Gasteiger partial charge on any atom is 0.165 e. The largest absolute Gasteiger partial charge is 0.486 e. The summed E-state index contributed by atoms with van der Waals surface area (Å²) in [6.07, 6.45) is 0.876. The highest BCUT2D eigenvalue weighted by molar-refractivity contribution is 5.75. The summed E-state index contributed by atoms with van der Waals surface area (Å²) in [5.41, 5.74) is 1.45. The van der Waals surface area contributed by atoms with E-state index in [0.717, 1.165) is 5.56 Å². The molecule has 5 heteroatoms. The summed E-state index contributed by atoms with van der Waals surface area (Å²) in [4.78, 5) is 11.1. The molecule has 3 rings (SSSR count). The molecule has 3 nitrogen and oxygen atoms in total. The Bertz CT molecular complexity index is 970. The van der Waals surface area contributed by atoms with Crippen LogP contribution in [0.4, 0.5) is 8.78 Å². The van der Waals surface area contributed by atoms with Gasteiger partial charge in [-0.25, -0.2) is 8.78 Å². The van der Waals surface area contributed by atoms with Crippen LogP contribution in [0.2, 0.25) is 0 Å². The van der Waals surface area contributed by atoms with Crippen molar-refractivity contribution in [3.8, 4) is 17.2 Å². The van der Waals surface area contributed by atoms with Gasteiger partial charge in [-0.2, -0.15) is 0 Å². The molecule has 0 saturated carbocycles. The molecule has 144 valence electrons. The van der Waals surface area contributed by atoms with Gasteiger partial charge in [0.15, 0.2) is 11.6 Å². The zero-order chi connectivity index (χ0) is 19.9. The van der Waals surface area contributed by atoms with Gasteiger partial charge < -0.3 is 14.3 Å². The molecule has 0 saturated heterocycles. The molecule has 0 amide bonds. The van der Waals surface area contributed by atoms with Gasteiger partial charge in [0.2, 0.25) is 0 Å². The normalized spacial score (nSPS) is 10.5. The number of aryl methyl sites for hydroxylation is 1. The van der Waals surface area contributed by atoms with Crippen LogP contribution in [0.5, 0.6) is 17.2 Å². The molecule has 0 heterocycles. The Kier molecular flexibility index (Phi) is 6.37. The second-order valence-corrected chi connectivity index (χ2v) is 6.42. The first-order valence-electron chi connectivity index (χ1n) is 8.93. The number of benzene rings is 3. The molecule has 0 bridgehead atoms. The number of halogens is 2. The van der Waals surface area contributed by atoms with Crippen LogP contribution in [0.1, 0.15) is 24.5 Å². The van der Waals surface area contributed by atoms with Gasteiger partial charge in [0, 0.05) is 18.1 Å². The van der Waals surface area contributed by atoms with E-state index in [0.29, 0.717) is 29.9 Å². The fraction of sp³-hybridized carbons (Fsp3) is 0.174. The van der Waals surface area contributed by atoms with Crippen molar-refractivity contribution in [3.05, 3.63) is 89.5 Å². The van der Waals surface area contributed by atoms with Gasteiger partial charge in [0.05, 0.1) is 0 Å². The van der Waals surface area contributed by atoms with Crippen molar-refractivity contribution in [2.75, 3.05) is 0 Å². The number of para-hydroxylation sites is 1. The predicted molar refractivity (Wildman–Crippen MR) is 103 cm³/mol. The lowest BCUT2D eigenvalue weighted by Gasteiger charge is -2.13. The number of Topliss-reactive ketones (excluding diaryl/α,β-unsaturated/α-hetero) is 1. The third kappa shape index (κ3) is 5.39. The molecule has 0 aliphatic heterocycles. The van der Waals surface area contributed by atoms with E-state index in [1.54, 1.807) is 42.5 Å². The van der Waals surface area contributed by atoms with Gasteiger partial charge in [-0.15, -0.1) is 0 Å². The summed E-state index contributed by atoms with van der Waals surface area (Å²) in [6, 6.07) is 17.7. The molecular formula is C23H20F2O3. The molecule has 0 aliphatic rings. The van der Waals surface area contributed by atoms with Crippen LogP contribution < -0.4 is 9.47 Å². The minimum Gasteiger partial charge on any atom is -0.486 e. The van der Waals surface area contributed by atoms with E-state index in [1.807, 2.05) is 6.07 Å². The highest BCUT2D eigenvalue weighted by Gasteiger charge is 2.09. The molecule has 0 aliphatic carbocycles. The average Bonchev–Trinajstić information content (AvgIpc) is 2.67. The first-order chi connectivity index (χ1) is 13.5. The number of ketones is 1. The Hall–Kier alpha value is -3.21. The molecule has 0 radical (unpaired) electrons. The first kappa shape index (κ1) is 19.5. The molecule has 3 aromatic rings. The smallest absolute Gasteiger partial charge is 0.165 e. The highest BCUT2D eigenvalue weighted by atomic mass is 19.1. The van der Waals surface area contributed by atoms with Crippen molar-refractivity contribution >= 4 is 5.78 Å². The summed E-state index contributed by atoms with van der Waals surface area (Å²) >= 11 is 0. The van der Waals surface area contributed by atoms with Crippen molar-refractivity contribution in [3.63, 3.8) is 0 Å². The zero-order valence-electron chi connectivity index (χ0n) is 15.5. The molecule has 0 unspecified atom stereocenters. The van der Waals surface area contributed by atoms with Crippen LogP contribution in [0.15, 0.2) is 66.7 Å². The molecular weight excluding hydrogens is 362 g/mol. The number of ether oxygens (including phenoxy) is 2. The Morgan fingerprint density at radius 3 is 2.50 bits per heavy atom. The van der Waals surface area contributed by atoms with Crippen molar-refractivity contribution in [1.82, 2.24) is 0 Å². The van der Waals surface area contributed by atoms with Gasteiger partial charge in [0.1, 0.15) is 29.7 Å². The van der Waals surface area contributed by atoms with Crippen LogP contribution in [-0.4, -0.2) is 5.78 Å². The number of hydrogen-bond acceptors (Lipinski definition) is 3. The van der Waals surface area contributed by atoms with Crippen LogP contribution in [-0.2, 0) is 17.8 Å². The Morgan fingerprint density at radius 2 is 1.75 bits per heavy atom. The predicted octanol–water partition coefficient (Wildman–Crippen LogP) is 5.86. The molecule has 3 aromatic carbocycles. The van der Waals surface area contributed by atoms with Crippen molar-refractivity contribution in [1.29, 1.82) is 0 Å². The number of carbonyl (C=O) groups is 1. The summed E-state index contributed by atoms with van der Waals surface area (Å²) in [5.74, 6) is 0.186. The molecule has 0 spiro atoms. The first-order valence-corrected chi connectivity index (χ1v) is 8.93. The van der Waals surface area contributed by atoms with Crippen LogP contribution >= 0.6 is 0 Å². The second kappa shape index (κ2) is 9.13. The average molecular weight is 382 g/mol. The van der Waals surface area contributed by atoms with E-state index in [4.69, 9.17) is 9.47 Å². The van der Waals surface area contributed by atoms with Crippen molar-refractivity contribution in [2.24, 2.45) is 0 Å². The van der Waals surface area contributed by atoms with E-state index in [2.05, 4.69) is 0 Å². The molecule has 0 atom stereocenters. The van der Waals surface area contributed by atoms with Gasteiger partial charge in [-0.05, 0) is 49.2 Å². The summed E-state index contributed by atoms with van der Waals surface area (Å²) in [7, 11) is 0. The quantitative estimate of drug-likeness (QED) is 0.490. The van der Waals surface area contributed by atoms with Crippen LogP contribution in [0.3, 0.4) is 0 Å². The van der Waals surface area contributed by atoms with Crippen molar-refractivity contribution in [2.45, 2.75) is 26.4 Å². The van der Waals surface area contributed by atoms with E-state index < -0.39 is 11.6 Å². The number of carbonyl (C=O) groups excluding carboxylic acids is 1. The molecule has 0 N–H and O–H groups in total. The van der Waals surface area contributed by atoms with E-state index >= 15 is 0 Å². The maximum atomic E-state index is 14.3. The minimum absolute atomic E-state index is 0.0654. The van der Waals surface area contributed by atoms with E-state index in [-0.39, 0.29) is 18.1 Å². The minimum atomic E-state index is -0.482. The topological polar surface area (TPSA) is 35.5 Å². The lowest BCUT2D eigenvalue weighted by molar-refractivity contribution is -0.116. The summed E-state index contributed by atoms with van der Waals surface area (Å²) in [5, 5.41) is 0. The summed E-state index contributed by atoms with van der Waals surface area (Å²) < 4.78 is 39.0. The second-order valence-electron chi connectivity index (χ2n) is 6.42. The SMILES string of the molecule is CC(=O)CCc1ccc(OCc2ccccc2Oc2cccc(F)c2)c(F)c1. The third-order valence-corrected chi connectivity index (χ3v) is 4.14. The van der Waals surface area contributed by atoms with Gasteiger partial charge >= 0.3 is 0 Å².